The highest BCUT2D eigenvalue weighted by Gasteiger charge is 2.05. The Morgan fingerprint density at radius 3 is 2.40 bits per heavy atom. The lowest BCUT2D eigenvalue weighted by molar-refractivity contribution is -0.117. The third-order valence-electron chi connectivity index (χ3n) is 2.42. The Morgan fingerprint density at radius 1 is 0.950 bits per heavy atom. The molecule has 1 heterocycles. The lowest BCUT2D eigenvalue weighted by atomic mass is 10.2. The van der Waals surface area contributed by atoms with Gasteiger partial charge in [0.15, 0.2) is 0 Å². The number of carbonyl (C=O) groups excluding carboxylic acids is 2. The van der Waals surface area contributed by atoms with Crippen molar-refractivity contribution in [2.45, 2.75) is 0 Å². The summed E-state index contributed by atoms with van der Waals surface area (Å²) in [5.41, 5.74) is 5.71. The second-order valence-electron chi connectivity index (χ2n) is 3.90. The van der Waals surface area contributed by atoms with Crippen molar-refractivity contribution in [2.75, 3.05) is 0 Å². The average molecular weight is 267 g/mol. The summed E-state index contributed by atoms with van der Waals surface area (Å²) in [4.78, 5) is 27.0. The van der Waals surface area contributed by atoms with E-state index in [1.807, 2.05) is 30.3 Å². The molecule has 0 saturated carbocycles. The number of nitrogens with one attached hydrogen (secondary N) is 2. The molecule has 5 nitrogen and oxygen atoms in total. The molecule has 0 radical (unpaired) electrons. The first-order valence-corrected chi connectivity index (χ1v) is 6.00. The molecular weight excluding hydrogens is 254 g/mol. The Labute approximate surface area is 116 Å². The third-order valence-corrected chi connectivity index (χ3v) is 2.42. The number of benzene rings is 1. The number of rotatable bonds is 3. The van der Waals surface area contributed by atoms with Gasteiger partial charge >= 0.3 is 0 Å². The first-order valence-electron chi connectivity index (χ1n) is 6.00. The molecule has 0 aliphatic carbocycles. The highest BCUT2D eigenvalue weighted by Crippen LogP contribution is 2.00. The van der Waals surface area contributed by atoms with Crippen LogP contribution in [0, 0.1) is 0 Å². The molecule has 20 heavy (non-hydrogen) atoms. The predicted molar refractivity (Wildman–Crippen MR) is 75.3 cm³/mol. The van der Waals surface area contributed by atoms with E-state index in [1.165, 1.54) is 12.3 Å². The summed E-state index contributed by atoms with van der Waals surface area (Å²) in [5, 5.41) is 0. The van der Waals surface area contributed by atoms with Crippen LogP contribution in [0.3, 0.4) is 0 Å². The number of hydrogen-bond donors (Lipinski definition) is 2. The Hall–Kier alpha value is -2.95. The highest BCUT2D eigenvalue weighted by atomic mass is 16.2. The van der Waals surface area contributed by atoms with E-state index in [-0.39, 0.29) is 5.69 Å². The first kappa shape index (κ1) is 13.5. The van der Waals surface area contributed by atoms with Crippen molar-refractivity contribution in [3.63, 3.8) is 0 Å². The molecule has 0 aliphatic heterocycles. The quantitative estimate of drug-likeness (QED) is 0.655. The fourth-order valence-electron chi connectivity index (χ4n) is 1.46. The number of nitrogens with zero attached hydrogens (tertiary/aromatic N) is 1. The second-order valence-corrected chi connectivity index (χ2v) is 3.90. The van der Waals surface area contributed by atoms with Crippen LogP contribution >= 0.6 is 0 Å². The Bertz CT molecular complexity index is 610. The van der Waals surface area contributed by atoms with Gasteiger partial charge in [-0.05, 0) is 23.8 Å². The van der Waals surface area contributed by atoms with Crippen LogP contribution in [-0.2, 0) is 4.79 Å². The molecule has 0 saturated heterocycles. The number of carbonyl (C=O) groups is 2. The van der Waals surface area contributed by atoms with Gasteiger partial charge < -0.3 is 0 Å². The van der Waals surface area contributed by atoms with Crippen molar-refractivity contribution in [1.29, 1.82) is 0 Å². The average Bonchev–Trinajstić information content (AvgIpc) is 2.52. The first-order chi connectivity index (χ1) is 9.75. The molecule has 5 heteroatoms. The van der Waals surface area contributed by atoms with E-state index >= 15 is 0 Å². The standard InChI is InChI=1S/C15H13N3O2/c19-14(10-9-12-6-2-1-3-7-12)17-18-15(20)13-8-4-5-11-16-13/h1-11H,(H,17,19)(H,18,20). The van der Waals surface area contributed by atoms with E-state index in [0.29, 0.717) is 0 Å². The molecule has 2 rings (SSSR count). The largest absolute Gasteiger partial charge is 0.288 e. The smallest absolute Gasteiger partial charge is 0.268 e. The van der Waals surface area contributed by atoms with Gasteiger partial charge in [0.05, 0.1) is 0 Å². The molecular formula is C15H13N3O2. The zero-order chi connectivity index (χ0) is 14.2. The summed E-state index contributed by atoms with van der Waals surface area (Å²) < 4.78 is 0. The maximum atomic E-state index is 11.6. The van der Waals surface area contributed by atoms with E-state index in [2.05, 4.69) is 15.8 Å². The van der Waals surface area contributed by atoms with E-state index in [4.69, 9.17) is 0 Å². The van der Waals surface area contributed by atoms with Crippen LogP contribution in [0.5, 0.6) is 0 Å². The molecule has 1 aromatic heterocycles. The maximum absolute atomic E-state index is 11.6. The SMILES string of the molecule is O=C(C=Cc1ccccc1)NNC(=O)c1ccccn1. The van der Waals surface area contributed by atoms with Crippen LogP contribution < -0.4 is 10.9 Å². The van der Waals surface area contributed by atoms with Crippen LogP contribution in [0.4, 0.5) is 0 Å². The van der Waals surface area contributed by atoms with Crippen molar-refractivity contribution in [3.8, 4) is 0 Å². The number of hydrazine groups is 1. The van der Waals surface area contributed by atoms with Crippen molar-refractivity contribution in [3.05, 3.63) is 72.1 Å². The van der Waals surface area contributed by atoms with Gasteiger partial charge in [0.1, 0.15) is 5.69 Å². The monoisotopic (exact) mass is 267 g/mol. The van der Waals surface area contributed by atoms with Gasteiger partial charge in [-0.3, -0.25) is 25.4 Å². The van der Waals surface area contributed by atoms with E-state index in [9.17, 15) is 9.59 Å². The minimum atomic E-state index is -0.466. The van der Waals surface area contributed by atoms with Gasteiger partial charge in [0.25, 0.3) is 11.8 Å². The minimum Gasteiger partial charge on any atom is -0.268 e. The molecule has 0 bridgehead atoms. The molecule has 100 valence electrons. The Morgan fingerprint density at radius 2 is 1.70 bits per heavy atom. The summed E-state index contributed by atoms with van der Waals surface area (Å²) >= 11 is 0. The number of amides is 2. The lowest BCUT2D eigenvalue weighted by Crippen LogP contribution is -2.41. The van der Waals surface area contributed by atoms with E-state index in [0.717, 1.165) is 5.56 Å². The number of pyridine rings is 1. The van der Waals surface area contributed by atoms with Crippen LogP contribution in [0.2, 0.25) is 0 Å². The van der Waals surface area contributed by atoms with Crippen molar-refractivity contribution in [1.82, 2.24) is 15.8 Å². The van der Waals surface area contributed by atoms with Gasteiger partial charge in [-0.25, -0.2) is 0 Å². The van der Waals surface area contributed by atoms with Crippen LogP contribution in [-0.4, -0.2) is 16.8 Å². The van der Waals surface area contributed by atoms with Crippen LogP contribution in [0.25, 0.3) is 6.08 Å². The molecule has 0 unspecified atom stereocenters. The van der Waals surface area contributed by atoms with Gasteiger partial charge in [-0.2, -0.15) is 0 Å². The van der Waals surface area contributed by atoms with Gasteiger partial charge in [-0.1, -0.05) is 36.4 Å². The van der Waals surface area contributed by atoms with Gasteiger partial charge in [0, 0.05) is 12.3 Å². The maximum Gasteiger partial charge on any atom is 0.288 e. The van der Waals surface area contributed by atoms with Crippen molar-refractivity contribution >= 4 is 17.9 Å². The summed E-state index contributed by atoms with van der Waals surface area (Å²) in [7, 11) is 0. The second kappa shape index (κ2) is 6.84. The Balaban J connectivity index is 1.84. The third kappa shape index (κ3) is 4.06. The molecule has 0 aliphatic rings. The van der Waals surface area contributed by atoms with Gasteiger partial charge in [-0.15, -0.1) is 0 Å². The normalized spacial score (nSPS) is 10.2. The summed E-state index contributed by atoms with van der Waals surface area (Å²) in [6.45, 7) is 0. The number of hydrogen-bond acceptors (Lipinski definition) is 3. The van der Waals surface area contributed by atoms with E-state index in [1.54, 1.807) is 24.3 Å². The molecule has 2 N–H and O–H groups in total. The summed E-state index contributed by atoms with van der Waals surface area (Å²) in [6.07, 6.45) is 4.50. The topological polar surface area (TPSA) is 71.1 Å². The molecule has 2 amide bonds. The molecule has 2 aromatic rings. The minimum absolute atomic E-state index is 0.236. The summed E-state index contributed by atoms with van der Waals surface area (Å²) in [6, 6.07) is 14.3. The lowest BCUT2D eigenvalue weighted by Gasteiger charge is -2.04. The fourth-order valence-corrected chi connectivity index (χ4v) is 1.46. The Kier molecular flexibility index (Phi) is 4.61. The van der Waals surface area contributed by atoms with E-state index < -0.39 is 11.8 Å². The zero-order valence-corrected chi connectivity index (χ0v) is 10.6. The molecule has 1 aromatic carbocycles. The number of aromatic nitrogens is 1. The summed E-state index contributed by atoms with van der Waals surface area (Å²) in [5.74, 6) is -0.884. The molecule has 0 fully saturated rings. The molecule has 0 atom stereocenters. The fraction of sp³-hybridized carbons (Fsp3) is 0. The zero-order valence-electron chi connectivity index (χ0n) is 10.6. The predicted octanol–water partition coefficient (Wildman–Crippen LogP) is 1.56. The van der Waals surface area contributed by atoms with Crippen LogP contribution in [0.15, 0.2) is 60.8 Å². The van der Waals surface area contributed by atoms with Crippen molar-refractivity contribution < 1.29 is 9.59 Å². The van der Waals surface area contributed by atoms with Gasteiger partial charge in [0.2, 0.25) is 0 Å². The highest BCUT2D eigenvalue weighted by molar-refractivity contribution is 5.96. The van der Waals surface area contributed by atoms with Crippen LogP contribution in [0.1, 0.15) is 16.1 Å². The van der Waals surface area contributed by atoms with Crippen molar-refractivity contribution in [2.24, 2.45) is 0 Å². The molecule has 0 spiro atoms.